The third-order valence-corrected chi connectivity index (χ3v) is 6.55. The van der Waals surface area contributed by atoms with Crippen molar-refractivity contribution in [3.63, 3.8) is 0 Å². The number of benzene rings is 2. The van der Waals surface area contributed by atoms with Gasteiger partial charge >= 0.3 is 5.91 Å². The number of carbonyl (C=O) groups is 1. The Morgan fingerprint density at radius 3 is 2.84 bits per heavy atom. The summed E-state index contributed by atoms with van der Waals surface area (Å²) in [6.07, 6.45) is 2.76. The predicted octanol–water partition coefficient (Wildman–Crippen LogP) is 6.08. The number of ether oxygens (including phenoxy) is 1. The Kier molecular flexibility index (Phi) is 6.03. The first-order valence-corrected chi connectivity index (χ1v) is 11.5. The van der Waals surface area contributed by atoms with Gasteiger partial charge in [0.15, 0.2) is 17.1 Å². The number of fused-ring (bicyclic) bond motifs is 2. The molecule has 7 heteroatoms. The molecule has 0 saturated heterocycles. The molecule has 0 spiro atoms. The number of nitrogens with zero attached hydrogens (tertiary/aromatic N) is 2. The van der Waals surface area contributed by atoms with Crippen LogP contribution in [0.3, 0.4) is 0 Å². The van der Waals surface area contributed by atoms with Crippen molar-refractivity contribution >= 4 is 44.7 Å². The number of amides is 1. The highest BCUT2D eigenvalue weighted by molar-refractivity contribution is 9.10. The number of hydrazone groups is 1. The van der Waals surface area contributed by atoms with E-state index in [1.165, 1.54) is 11.3 Å². The van der Waals surface area contributed by atoms with Gasteiger partial charge in [0.1, 0.15) is 0 Å². The highest BCUT2D eigenvalue weighted by Crippen LogP contribution is 2.43. The fourth-order valence-electron chi connectivity index (χ4n) is 4.76. The van der Waals surface area contributed by atoms with E-state index in [1.54, 1.807) is 25.5 Å². The second-order valence-electron chi connectivity index (χ2n) is 8.82. The lowest BCUT2D eigenvalue weighted by Gasteiger charge is -2.47. The van der Waals surface area contributed by atoms with E-state index in [9.17, 15) is 4.79 Å². The summed E-state index contributed by atoms with van der Waals surface area (Å²) in [7, 11) is 1.56. The molecule has 1 N–H and O–H groups in total. The zero-order valence-corrected chi connectivity index (χ0v) is 20.6. The van der Waals surface area contributed by atoms with Crippen LogP contribution in [0.5, 0.6) is 5.75 Å². The molecular formula is C25H28BrN3O3. The van der Waals surface area contributed by atoms with Crippen molar-refractivity contribution < 1.29 is 13.9 Å². The van der Waals surface area contributed by atoms with Crippen LogP contribution in [0, 0.1) is 0 Å². The van der Waals surface area contributed by atoms with Crippen LogP contribution in [0.1, 0.15) is 61.7 Å². The van der Waals surface area contributed by atoms with Crippen molar-refractivity contribution in [2.45, 2.75) is 45.6 Å². The van der Waals surface area contributed by atoms with Gasteiger partial charge in [-0.1, -0.05) is 28.9 Å². The van der Waals surface area contributed by atoms with Gasteiger partial charge in [-0.2, -0.15) is 5.10 Å². The number of rotatable bonds is 5. The molecule has 0 radical (unpaired) electrons. The number of methoxy groups -OCH3 is 1. The van der Waals surface area contributed by atoms with E-state index in [0.717, 1.165) is 28.4 Å². The van der Waals surface area contributed by atoms with Crippen LogP contribution in [-0.2, 0) is 0 Å². The van der Waals surface area contributed by atoms with Crippen molar-refractivity contribution in [1.82, 2.24) is 5.43 Å². The molecule has 1 atom stereocenters. The summed E-state index contributed by atoms with van der Waals surface area (Å²) in [5.41, 5.74) is 6.76. The normalized spacial score (nSPS) is 17.6. The minimum atomic E-state index is -0.416. The number of hydrogen-bond acceptors (Lipinski definition) is 5. The maximum atomic E-state index is 12.5. The first-order chi connectivity index (χ1) is 15.2. The van der Waals surface area contributed by atoms with Gasteiger partial charge < -0.3 is 14.1 Å². The zero-order valence-electron chi connectivity index (χ0n) is 19.0. The van der Waals surface area contributed by atoms with Crippen molar-refractivity contribution in [2.75, 3.05) is 18.6 Å². The Morgan fingerprint density at radius 2 is 2.12 bits per heavy atom. The van der Waals surface area contributed by atoms with Gasteiger partial charge in [-0.3, -0.25) is 4.79 Å². The summed E-state index contributed by atoms with van der Waals surface area (Å²) in [5, 5.41) is 4.93. The van der Waals surface area contributed by atoms with E-state index >= 15 is 0 Å². The Hall–Kier alpha value is -2.80. The van der Waals surface area contributed by atoms with Gasteiger partial charge in [0, 0.05) is 27.6 Å². The Bertz CT molecular complexity index is 1200. The van der Waals surface area contributed by atoms with Crippen LogP contribution in [0.2, 0.25) is 0 Å². The summed E-state index contributed by atoms with van der Waals surface area (Å²) in [6.45, 7) is 10.0. The quantitative estimate of drug-likeness (QED) is 0.342. The minimum absolute atomic E-state index is 0.135. The Labute approximate surface area is 196 Å². The Morgan fingerprint density at radius 1 is 1.34 bits per heavy atom. The average molecular weight is 498 g/mol. The number of carbonyl (C=O) groups excluding carboxylic acids is 1. The highest BCUT2D eigenvalue weighted by atomic mass is 79.9. The van der Waals surface area contributed by atoms with Crippen LogP contribution in [-0.4, -0.2) is 31.3 Å². The van der Waals surface area contributed by atoms with Gasteiger partial charge in [-0.15, -0.1) is 0 Å². The van der Waals surface area contributed by atoms with Crippen LogP contribution in [0.4, 0.5) is 5.69 Å². The van der Waals surface area contributed by atoms with Crippen molar-refractivity contribution in [3.05, 3.63) is 57.8 Å². The lowest BCUT2D eigenvalue weighted by molar-refractivity contribution is 0.0929. The SMILES string of the molecule is CCN1c2ccc(/C=N\NC(=O)c3cc4cc(Br)cc(OC)c4o3)cc2[C@H](C)CC1(C)C. The fraction of sp³-hybridized carbons (Fsp3) is 0.360. The van der Waals surface area contributed by atoms with Crippen molar-refractivity contribution in [1.29, 1.82) is 0 Å². The minimum Gasteiger partial charge on any atom is -0.493 e. The second-order valence-corrected chi connectivity index (χ2v) is 9.73. The first kappa shape index (κ1) is 22.4. The Balaban J connectivity index is 1.52. The van der Waals surface area contributed by atoms with Gasteiger partial charge in [-0.25, -0.2) is 5.43 Å². The molecular weight excluding hydrogens is 470 g/mol. The zero-order chi connectivity index (χ0) is 23.0. The van der Waals surface area contributed by atoms with Crippen molar-refractivity contribution in [3.8, 4) is 5.75 Å². The molecule has 1 aliphatic heterocycles. The van der Waals surface area contributed by atoms with Crippen molar-refractivity contribution in [2.24, 2.45) is 5.10 Å². The smallest absolute Gasteiger partial charge is 0.307 e. The second kappa shape index (κ2) is 8.62. The molecule has 0 unspecified atom stereocenters. The number of hydrogen-bond donors (Lipinski definition) is 1. The largest absolute Gasteiger partial charge is 0.493 e. The summed E-state index contributed by atoms with van der Waals surface area (Å²) >= 11 is 3.43. The third-order valence-electron chi connectivity index (χ3n) is 6.10. The number of anilines is 1. The topological polar surface area (TPSA) is 67.1 Å². The van der Waals surface area contributed by atoms with Crippen LogP contribution < -0.4 is 15.1 Å². The summed E-state index contributed by atoms with van der Waals surface area (Å²) in [4.78, 5) is 15.0. The molecule has 0 saturated carbocycles. The van der Waals surface area contributed by atoms with Gasteiger partial charge in [0.05, 0.1) is 13.3 Å². The third kappa shape index (κ3) is 4.13. The molecule has 0 bridgehead atoms. The van der Waals surface area contributed by atoms with Crippen LogP contribution in [0.15, 0.2) is 50.4 Å². The number of halogens is 1. The maximum absolute atomic E-state index is 12.5. The van der Waals surface area contributed by atoms with E-state index in [4.69, 9.17) is 9.15 Å². The molecule has 2 aromatic carbocycles. The van der Waals surface area contributed by atoms with Gasteiger partial charge in [0.2, 0.25) is 0 Å². The molecule has 1 aliphatic rings. The van der Waals surface area contributed by atoms with E-state index in [1.807, 2.05) is 12.1 Å². The summed E-state index contributed by atoms with van der Waals surface area (Å²) < 4.78 is 11.9. The molecule has 0 aliphatic carbocycles. The molecule has 3 aromatic rings. The van der Waals surface area contributed by atoms with E-state index < -0.39 is 5.91 Å². The molecule has 4 rings (SSSR count). The van der Waals surface area contributed by atoms with Gasteiger partial charge in [0.25, 0.3) is 0 Å². The highest BCUT2D eigenvalue weighted by Gasteiger charge is 2.35. The van der Waals surface area contributed by atoms with E-state index in [0.29, 0.717) is 17.3 Å². The standard InChI is InChI=1S/C25H28BrN3O3/c1-6-29-20-8-7-16(9-19(20)15(2)13-25(29,3)4)14-27-28-24(30)22-11-17-10-18(26)12-21(31-5)23(17)32-22/h7-12,14-15H,6,13H2,1-5H3,(H,28,30)/b27-14-/t15-/m1/s1. The van der Waals surface area contributed by atoms with E-state index in [-0.39, 0.29) is 11.3 Å². The van der Waals surface area contributed by atoms with Crippen LogP contribution >= 0.6 is 15.9 Å². The number of nitrogens with one attached hydrogen (secondary N) is 1. The van der Waals surface area contributed by atoms with Gasteiger partial charge in [-0.05, 0) is 74.6 Å². The predicted molar refractivity (Wildman–Crippen MR) is 132 cm³/mol. The molecule has 1 aromatic heterocycles. The lowest BCUT2D eigenvalue weighted by atomic mass is 9.79. The van der Waals surface area contributed by atoms with E-state index in [2.05, 4.69) is 71.2 Å². The first-order valence-electron chi connectivity index (χ1n) is 10.8. The lowest BCUT2D eigenvalue weighted by Crippen LogP contribution is -2.48. The molecule has 2 heterocycles. The fourth-order valence-corrected chi connectivity index (χ4v) is 5.21. The number of furan rings is 1. The monoisotopic (exact) mass is 497 g/mol. The molecule has 0 fully saturated rings. The molecule has 1 amide bonds. The molecule has 6 nitrogen and oxygen atoms in total. The summed E-state index contributed by atoms with van der Waals surface area (Å²) in [6, 6.07) is 11.7. The summed E-state index contributed by atoms with van der Waals surface area (Å²) in [5.74, 6) is 0.772. The average Bonchev–Trinajstić information content (AvgIpc) is 3.17. The maximum Gasteiger partial charge on any atom is 0.307 e. The molecule has 32 heavy (non-hydrogen) atoms. The van der Waals surface area contributed by atoms with Crippen LogP contribution in [0.25, 0.3) is 11.0 Å². The molecule has 168 valence electrons.